The van der Waals surface area contributed by atoms with Crippen molar-refractivity contribution in [3.8, 4) is 5.69 Å². The second kappa shape index (κ2) is 6.10. The van der Waals surface area contributed by atoms with Crippen molar-refractivity contribution in [2.75, 3.05) is 19.6 Å². The van der Waals surface area contributed by atoms with E-state index in [1.54, 1.807) is 0 Å². The Balaban J connectivity index is 1.95. The van der Waals surface area contributed by atoms with Gasteiger partial charge in [0.15, 0.2) is 0 Å². The van der Waals surface area contributed by atoms with Crippen LogP contribution in [0.5, 0.6) is 0 Å². The van der Waals surface area contributed by atoms with Gasteiger partial charge < -0.3 is 15.2 Å². The normalized spacial score (nSPS) is 20.6. The van der Waals surface area contributed by atoms with Crippen molar-refractivity contribution in [3.05, 3.63) is 52.8 Å². The number of aryl methyl sites for hydroxylation is 2. The highest BCUT2D eigenvalue weighted by Gasteiger charge is 2.36. The second-order valence-corrected chi connectivity index (χ2v) is 7.40. The number of carbonyl (C=O) groups is 1. The minimum Gasteiger partial charge on any atom is -0.338 e. The first-order chi connectivity index (χ1) is 11.4. The topological polar surface area (TPSA) is 51.3 Å². The summed E-state index contributed by atoms with van der Waals surface area (Å²) in [6.45, 7) is 10.5. The van der Waals surface area contributed by atoms with Crippen LogP contribution < -0.4 is 5.73 Å². The summed E-state index contributed by atoms with van der Waals surface area (Å²) in [6.07, 6.45) is 0.978. The van der Waals surface area contributed by atoms with Crippen LogP contribution in [0.4, 0.5) is 0 Å². The summed E-state index contributed by atoms with van der Waals surface area (Å²) in [5.41, 5.74) is 11.2. The van der Waals surface area contributed by atoms with E-state index < -0.39 is 0 Å². The number of para-hydroxylation sites is 1. The van der Waals surface area contributed by atoms with Gasteiger partial charge in [0.25, 0.3) is 5.91 Å². The van der Waals surface area contributed by atoms with E-state index in [-0.39, 0.29) is 11.3 Å². The van der Waals surface area contributed by atoms with E-state index in [9.17, 15) is 4.79 Å². The molecule has 2 aromatic rings. The molecule has 1 aromatic heterocycles. The summed E-state index contributed by atoms with van der Waals surface area (Å²) in [6, 6.07) is 10.3. The summed E-state index contributed by atoms with van der Waals surface area (Å²) in [5.74, 6) is 0.125. The molecule has 4 heteroatoms. The first-order valence-corrected chi connectivity index (χ1v) is 8.60. The molecule has 1 aliphatic rings. The molecule has 1 saturated heterocycles. The minimum absolute atomic E-state index is 0.0528. The Hall–Kier alpha value is -2.07. The van der Waals surface area contributed by atoms with Gasteiger partial charge in [0.05, 0.1) is 5.56 Å². The highest BCUT2D eigenvalue weighted by atomic mass is 16.2. The Morgan fingerprint density at radius 3 is 2.58 bits per heavy atom. The van der Waals surface area contributed by atoms with Crippen LogP contribution in [0, 0.1) is 26.2 Å². The van der Waals surface area contributed by atoms with E-state index in [0.29, 0.717) is 6.54 Å². The Morgan fingerprint density at radius 2 is 1.96 bits per heavy atom. The summed E-state index contributed by atoms with van der Waals surface area (Å²) >= 11 is 0. The molecule has 3 rings (SSSR count). The molecule has 2 heterocycles. The third kappa shape index (κ3) is 2.75. The van der Waals surface area contributed by atoms with Gasteiger partial charge in [0, 0.05) is 30.2 Å². The molecule has 4 nitrogen and oxygen atoms in total. The van der Waals surface area contributed by atoms with Crippen LogP contribution in [0.2, 0.25) is 0 Å². The molecule has 24 heavy (non-hydrogen) atoms. The van der Waals surface area contributed by atoms with E-state index in [2.05, 4.69) is 37.5 Å². The third-order valence-electron chi connectivity index (χ3n) is 5.36. The highest BCUT2D eigenvalue weighted by Crippen LogP contribution is 2.31. The lowest BCUT2D eigenvalue weighted by Gasteiger charge is -2.22. The average Bonchev–Trinajstić information content (AvgIpc) is 3.09. The first-order valence-electron chi connectivity index (χ1n) is 8.60. The average molecular weight is 325 g/mol. The molecule has 0 spiro atoms. The first kappa shape index (κ1) is 16.8. The molecule has 1 unspecified atom stereocenters. The zero-order chi connectivity index (χ0) is 17.5. The lowest BCUT2D eigenvalue weighted by Crippen LogP contribution is -2.34. The maximum Gasteiger partial charge on any atom is 0.255 e. The molecular formula is C20H27N3O. The maximum absolute atomic E-state index is 13.0. The number of benzene rings is 1. The summed E-state index contributed by atoms with van der Waals surface area (Å²) in [4.78, 5) is 15.0. The van der Waals surface area contributed by atoms with Gasteiger partial charge in [-0.2, -0.15) is 0 Å². The number of hydrogen-bond donors (Lipinski definition) is 1. The van der Waals surface area contributed by atoms with Gasteiger partial charge in [0.1, 0.15) is 0 Å². The Labute approximate surface area is 144 Å². The smallest absolute Gasteiger partial charge is 0.255 e. The van der Waals surface area contributed by atoms with Crippen LogP contribution in [0.3, 0.4) is 0 Å². The fourth-order valence-electron chi connectivity index (χ4n) is 3.70. The molecule has 128 valence electrons. The van der Waals surface area contributed by atoms with Crippen molar-refractivity contribution in [1.29, 1.82) is 0 Å². The number of amides is 1. The number of rotatable bonds is 3. The Kier molecular flexibility index (Phi) is 4.26. The zero-order valence-corrected chi connectivity index (χ0v) is 15.1. The van der Waals surface area contributed by atoms with Gasteiger partial charge in [-0.05, 0) is 56.8 Å². The van der Waals surface area contributed by atoms with E-state index in [4.69, 9.17) is 5.73 Å². The molecule has 0 aliphatic carbocycles. The van der Waals surface area contributed by atoms with Crippen LogP contribution in [0.25, 0.3) is 5.69 Å². The fourth-order valence-corrected chi connectivity index (χ4v) is 3.70. The molecule has 1 amide bonds. The highest BCUT2D eigenvalue weighted by molar-refractivity contribution is 5.96. The molecule has 1 aliphatic heterocycles. The molecule has 1 fully saturated rings. The van der Waals surface area contributed by atoms with Crippen molar-refractivity contribution in [2.24, 2.45) is 11.1 Å². The van der Waals surface area contributed by atoms with Gasteiger partial charge in [-0.1, -0.05) is 25.1 Å². The molecule has 2 N–H and O–H groups in total. The van der Waals surface area contributed by atoms with Crippen LogP contribution in [0.1, 0.15) is 40.7 Å². The zero-order valence-electron chi connectivity index (χ0n) is 15.1. The fraction of sp³-hybridized carbons (Fsp3) is 0.450. The second-order valence-electron chi connectivity index (χ2n) is 7.40. The van der Waals surface area contributed by atoms with E-state index in [1.807, 2.05) is 30.0 Å². The monoisotopic (exact) mass is 325 g/mol. The number of nitrogens with zero attached hydrogens (tertiary/aromatic N) is 2. The van der Waals surface area contributed by atoms with Crippen LogP contribution >= 0.6 is 0 Å². The summed E-state index contributed by atoms with van der Waals surface area (Å²) < 4.78 is 2.18. The molecule has 0 radical (unpaired) electrons. The summed E-state index contributed by atoms with van der Waals surface area (Å²) in [7, 11) is 0. The van der Waals surface area contributed by atoms with Crippen molar-refractivity contribution in [1.82, 2.24) is 9.47 Å². The Bertz CT molecular complexity index is 777. The van der Waals surface area contributed by atoms with Gasteiger partial charge in [-0.15, -0.1) is 0 Å². The van der Waals surface area contributed by atoms with Gasteiger partial charge >= 0.3 is 0 Å². The van der Waals surface area contributed by atoms with Crippen molar-refractivity contribution in [3.63, 3.8) is 0 Å². The van der Waals surface area contributed by atoms with Gasteiger partial charge in [0.2, 0.25) is 0 Å². The number of aromatic nitrogens is 1. The van der Waals surface area contributed by atoms with Crippen LogP contribution in [0.15, 0.2) is 30.3 Å². The largest absolute Gasteiger partial charge is 0.338 e. The number of hydrogen-bond acceptors (Lipinski definition) is 2. The Morgan fingerprint density at radius 1 is 1.25 bits per heavy atom. The predicted octanol–water partition coefficient (Wildman–Crippen LogP) is 3.21. The van der Waals surface area contributed by atoms with Crippen molar-refractivity contribution < 1.29 is 4.79 Å². The van der Waals surface area contributed by atoms with Crippen LogP contribution in [-0.4, -0.2) is 35.0 Å². The number of nitrogens with two attached hydrogens (primary N) is 1. The van der Waals surface area contributed by atoms with E-state index >= 15 is 0 Å². The molecule has 1 atom stereocenters. The van der Waals surface area contributed by atoms with E-state index in [1.165, 1.54) is 5.56 Å². The SMILES string of the molecule is Cc1ccccc1-n1c(C)cc(C(=O)N2CCC(C)(CN)C2)c1C. The third-order valence-corrected chi connectivity index (χ3v) is 5.36. The van der Waals surface area contributed by atoms with Crippen molar-refractivity contribution in [2.45, 2.75) is 34.1 Å². The number of likely N-dealkylation sites (tertiary alicyclic amines) is 1. The van der Waals surface area contributed by atoms with Gasteiger partial charge in [-0.3, -0.25) is 4.79 Å². The molecular weight excluding hydrogens is 298 g/mol. The molecule has 0 saturated carbocycles. The quantitative estimate of drug-likeness (QED) is 0.942. The number of carbonyl (C=O) groups excluding carboxylic acids is 1. The van der Waals surface area contributed by atoms with Crippen molar-refractivity contribution >= 4 is 5.91 Å². The van der Waals surface area contributed by atoms with Gasteiger partial charge in [-0.25, -0.2) is 0 Å². The minimum atomic E-state index is 0.0528. The predicted molar refractivity (Wildman–Crippen MR) is 97.7 cm³/mol. The maximum atomic E-state index is 13.0. The molecule has 0 bridgehead atoms. The van der Waals surface area contributed by atoms with E-state index in [0.717, 1.165) is 42.1 Å². The standard InChI is InChI=1S/C20H27N3O/c1-14-7-5-6-8-18(14)23-15(2)11-17(16(23)3)19(24)22-10-9-20(4,12-21)13-22/h5-8,11H,9-10,12-13,21H2,1-4H3. The lowest BCUT2D eigenvalue weighted by molar-refractivity contribution is 0.0776. The lowest BCUT2D eigenvalue weighted by atomic mass is 9.90. The summed E-state index contributed by atoms with van der Waals surface area (Å²) in [5, 5.41) is 0. The van der Waals surface area contributed by atoms with Crippen LogP contribution in [-0.2, 0) is 0 Å². The molecule has 1 aromatic carbocycles.